The Morgan fingerprint density at radius 2 is 1.89 bits per heavy atom. The van der Waals surface area contributed by atoms with Crippen LogP contribution in [0.2, 0.25) is 0 Å². The summed E-state index contributed by atoms with van der Waals surface area (Å²) >= 11 is 0. The maximum atomic E-state index is 11.9. The first-order valence-corrected chi connectivity index (χ1v) is 5.97. The van der Waals surface area contributed by atoms with E-state index in [0.29, 0.717) is 6.54 Å². The summed E-state index contributed by atoms with van der Waals surface area (Å²) in [6, 6.07) is 9.68. The number of rotatable bonds is 6. The zero-order valence-corrected chi connectivity index (χ0v) is 10.6. The molecule has 0 heterocycles. The van der Waals surface area contributed by atoms with Gasteiger partial charge in [0.1, 0.15) is 6.54 Å². The first-order valence-electron chi connectivity index (χ1n) is 5.97. The Kier molecular flexibility index (Phi) is 5.82. The largest absolute Gasteiger partial charge is 0.405 e. The van der Waals surface area contributed by atoms with E-state index >= 15 is 0 Å². The number of halogens is 3. The number of carbonyl (C=O) groups is 1. The summed E-state index contributed by atoms with van der Waals surface area (Å²) in [5, 5.41) is 4.65. The molecule has 0 aliphatic rings. The van der Waals surface area contributed by atoms with Gasteiger partial charge in [-0.3, -0.25) is 4.79 Å². The average Bonchev–Trinajstić information content (AvgIpc) is 2.36. The first-order chi connectivity index (χ1) is 8.88. The molecule has 0 radical (unpaired) electrons. The zero-order chi connectivity index (χ0) is 14.3. The highest BCUT2D eigenvalue weighted by atomic mass is 19.4. The van der Waals surface area contributed by atoms with Crippen molar-refractivity contribution in [1.29, 1.82) is 0 Å². The van der Waals surface area contributed by atoms with Gasteiger partial charge in [-0.05, 0) is 11.5 Å². The predicted octanol–water partition coefficient (Wildman–Crippen LogP) is 2.06. The zero-order valence-electron chi connectivity index (χ0n) is 10.6. The molecule has 3 nitrogen and oxygen atoms in total. The number of alkyl halides is 3. The standard InChI is InChI=1S/C13H17F3N2O/c1-10(11-5-3-2-4-6-11)7-17-8-12(19)18-9-13(14,15)16/h2-6,10,17H,7-9H2,1H3,(H,18,19). The van der Waals surface area contributed by atoms with Gasteiger partial charge in [-0.2, -0.15) is 13.2 Å². The minimum Gasteiger partial charge on any atom is -0.346 e. The number of nitrogens with one attached hydrogen (secondary N) is 2. The summed E-state index contributed by atoms with van der Waals surface area (Å²) in [4.78, 5) is 11.1. The molecule has 0 aromatic heterocycles. The second kappa shape index (κ2) is 7.13. The lowest BCUT2D eigenvalue weighted by Crippen LogP contribution is -2.39. The molecular weight excluding hydrogens is 257 g/mol. The predicted molar refractivity (Wildman–Crippen MR) is 66.8 cm³/mol. The Hall–Kier alpha value is -1.56. The van der Waals surface area contributed by atoms with Crippen molar-refractivity contribution in [2.75, 3.05) is 19.6 Å². The van der Waals surface area contributed by atoms with Gasteiger partial charge in [-0.15, -0.1) is 0 Å². The highest BCUT2D eigenvalue weighted by Crippen LogP contribution is 2.13. The van der Waals surface area contributed by atoms with Crippen molar-refractivity contribution >= 4 is 5.91 Å². The van der Waals surface area contributed by atoms with Crippen molar-refractivity contribution in [1.82, 2.24) is 10.6 Å². The Morgan fingerprint density at radius 1 is 1.26 bits per heavy atom. The van der Waals surface area contributed by atoms with Crippen LogP contribution < -0.4 is 10.6 Å². The Balaban J connectivity index is 2.22. The molecule has 0 bridgehead atoms. The van der Waals surface area contributed by atoms with Gasteiger partial charge in [0.25, 0.3) is 0 Å². The van der Waals surface area contributed by atoms with E-state index in [0.717, 1.165) is 5.56 Å². The smallest absolute Gasteiger partial charge is 0.346 e. The minimum absolute atomic E-state index is 0.118. The fourth-order valence-corrected chi connectivity index (χ4v) is 1.56. The fourth-order valence-electron chi connectivity index (χ4n) is 1.56. The van der Waals surface area contributed by atoms with Crippen LogP contribution in [0.1, 0.15) is 18.4 Å². The number of amides is 1. The molecule has 0 saturated carbocycles. The average molecular weight is 274 g/mol. The lowest BCUT2D eigenvalue weighted by atomic mass is 10.0. The molecule has 1 aromatic rings. The number of hydrogen-bond acceptors (Lipinski definition) is 2. The molecular formula is C13H17F3N2O. The van der Waals surface area contributed by atoms with Gasteiger partial charge in [-0.25, -0.2) is 0 Å². The fraction of sp³-hybridized carbons (Fsp3) is 0.462. The van der Waals surface area contributed by atoms with Crippen LogP contribution in [0.25, 0.3) is 0 Å². The second-order valence-corrected chi connectivity index (χ2v) is 4.33. The second-order valence-electron chi connectivity index (χ2n) is 4.33. The number of carbonyl (C=O) groups excluding carboxylic acids is 1. The molecule has 1 unspecified atom stereocenters. The van der Waals surface area contributed by atoms with Gasteiger partial charge in [0, 0.05) is 6.54 Å². The van der Waals surface area contributed by atoms with Crippen molar-refractivity contribution < 1.29 is 18.0 Å². The van der Waals surface area contributed by atoms with Crippen molar-refractivity contribution in [2.45, 2.75) is 19.0 Å². The summed E-state index contributed by atoms with van der Waals surface area (Å²) in [6.07, 6.45) is -4.37. The molecule has 1 atom stereocenters. The van der Waals surface area contributed by atoms with Crippen LogP contribution >= 0.6 is 0 Å². The van der Waals surface area contributed by atoms with E-state index in [9.17, 15) is 18.0 Å². The monoisotopic (exact) mass is 274 g/mol. The van der Waals surface area contributed by atoms with E-state index in [-0.39, 0.29) is 12.5 Å². The van der Waals surface area contributed by atoms with Gasteiger partial charge in [0.05, 0.1) is 6.54 Å². The molecule has 106 valence electrons. The molecule has 0 aliphatic heterocycles. The summed E-state index contributed by atoms with van der Waals surface area (Å²) < 4.78 is 35.6. The third kappa shape index (κ3) is 6.81. The molecule has 0 aliphatic carbocycles. The molecule has 6 heteroatoms. The summed E-state index contributed by atoms with van der Waals surface area (Å²) in [7, 11) is 0. The van der Waals surface area contributed by atoms with E-state index in [1.807, 2.05) is 42.6 Å². The molecule has 0 saturated heterocycles. The van der Waals surface area contributed by atoms with Crippen molar-refractivity contribution in [3.63, 3.8) is 0 Å². The van der Waals surface area contributed by atoms with E-state index in [2.05, 4.69) is 5.32 Å². The third-order valence-corrected chi connectivity index (χ3v) is 2.59. The Bertz CT molecular complexity index is 393. The number of hydrogen-bond donors (Lipinski definition) is 2. The Labute approximate surface area is 110 Å². The highest BCUT2D eigenvalue weighted by Gasteiger charge is 2.27. The highest BCUT2D eigenvalue weighted by molar-refractivity contribution is 5.78. The van der Waals surface area contributed by atoms with Crippen molar-refractivity contribution in [3.8, 4) is 0 Å². The lowest BCUT2D eigenvalue weighted by Gasteiger charge is -2.13. The SMILES string of the molecule is CC(CNCC(=O)NCC(F)(F)F)c1ccccc1. The lowest BCUT2D eigenvalue weighted by molar-refractivity contribution is -0.137. The van der Waals surface area contributed by atoms with E-state index in [4.69, 9.17) is 0 Å². The van der Waals surface area contributed by atoms with Crippen molar-refractivity contribution in [3.05, 3.63) is 35.9 Å². The summed E-state index contributed by atoms with van der Waals surface area (Å²) in [5.41, 5.74) is 1.12. The van der Waals surface area contributed by atoms with Crippen LogP contribution in [0.3, 0.4) is 0 Å². The summed E-state index contributed by atoms with van der Waals surface area (Å²) in [6.45, 7) is 1.11. The van der Waals surface area contributed by atoms with Gasteiger partial charge in [0.15, 0.2) is 0 Å². The van der Waals surface area contributed by atoms with Crippen LogP contribution in [-0.2, 0) is 4.79 Å². The summed E-state index contributed by atoms with van der Waals surface area (Å²) in [5.74, 6) is -0.464. The molecule has 1 aromatic carbocycles. The van der Waals surface area contributed by atoms with Crippen molar-refractivity contribution in [2.24, 2.45) is 0 Å². The van der Waals surface area contributed by atoms with Gasteiger partial charge >= 0.3 is 6.18 Å². The van der Waals surface area contributed by atoms with Crippen LogP contribution in [-0.4, -0.2) is 31.7 Å². The van der Waals surface area contributed by atoms with Gasteiger partial charge in [0.2, 0.25) is 5.91 Å². The van der Waals surface area contributed by atoms with Crippen LogP contribution in [0.15, 0.2) is 30.3 Å². The quantitative estimate of drug-likeness (QED) is 0.833. The maximum absolute atomic E-state index is 11.9. The molecule has 19 heavy (non-hydrogen) atoms. The Morgan fingerprint density at radius 3 is 2.47 bits per heavy atom. The molecule has 1 rings (SSSR count). The van der Waals surface area contributed by atoms with Crippen LogP contribution in [0, 0.1) is 0 Å². The molecule has 2 N–H and O–H groups in total. The molecule has 0 spiro atoms. The van der Waals surface area contributed by atoms with E-state index in [1.165, 1.54) is 0 Å². The normalized spacial score (nSPS) is 13.1. The van der Waals surface area contributed by atoms with Gasteiger partial charge < -0.3 is 10.6 Å². The molecule has 0 fully saturated rings. The molecule has 1 amide bonds. The van der Waals surface area contributed by atoms with E-state index < -0.39 is 18.6 Å². The number of benzene rings is 1. The van der Waals surface area contributed by atoms with E-state index in [1.54, 1.807) is 0 Å². The minimum atomic E-state index is -4.37. The third-order valence-electron chi connectivity index (χ3n) is 2.59. The first kappa shape index (κ1) is 15.5. The van der Waals surface area contributed by atoms with Gasteiger partial charge in [-0.1, -0.05) is 37.3 Å². The topological polar surface area (TPSA) is 41.1 Å². The van der Waals surface area contributed by atoms with Crippen LogP contribution in [0.5, 0.6) is 0 Å². The van der Waals surface area contributed by atoms with Crippen LogP contribution in [0.4, 0.5) is 13.2 Å². The maximum Gasteiger partial charge on any atom is 0.405 e.